The Hall–Kier alpha value is -2.24. The Kier molecular flexibility index (Phi) is 7.93. The van der Waals surface area contributed by atoms with E-state index in [-0.39, 0.29) is 23.4 Å². The third-order valence-corrected chi connectivity index (χ3v) is 5.37. The van der Waals surface area contributed by atoms with E-state index in [9.17, 15) is 4.79 Å². The summed E-state index contributed by atoms with van der Waals surface area (Å²) in [5.74, 6) is 0.121. The van der Waals surface area contributed by atoms with Crippen LogP contribution in [0.3, 0.4) is 0 Å². The van der Waals surface area contributed by atoms with Crippen molar-refractivity contribution in [2.75, 3.05) is 0 Å². The fraction of sp³-hybridized carbons (Fsp3) is 0.0455. The summed E-state index contributed by atoms with van der Waals surface area (Å²) in [7, 11) is 0. The number of Topliss-reactive ketones (excluding diaryl/α,β-unsaturated/α-hetero) is 1. The fourth-order valence-electron chi connectivity index (χ4n) is 1.85. The summed E-state index contributed by atoms with van der Waals surface area (Å²) in [5, 5.41) is 0. The molecule has 3 aromatic carbocycles. The summed E-state index contributed by atoms with van der Waals surface area (Å²) in [6.07, 6.45) is 0. The Morgan fingerprint density at radius 3 is 1.38 bits per heavy atom. The van der Waals surface area contributed by atoms with Gasteiger partial charge in [-0.2, -0.15) is 0 Å². The normalized spacial score (nSPS) is 9.54. The Bertz CT molecular complexity index is 759. The van der Waals surface area contributed by atoms with Crippen LogP contribution in [0.2, 0.25) is 0 Å². The van der Waals surface area contributed by atoms with Gasteiger partial charge in [0.1, 0.15) is 0 Å². The second-order valence-electron chi connectivity index (χ2n) is 5.03. The topological polar surface area (TPSA) is 17.1 Å². The monoisotopic (exact) mass is 495 g/mol. The third-order valence-electron chi connectivity index (χ3n) is 3.10. The number of carbonyl (C=O) groups excluding carboxylic acids is 1. The summed E-state index contributed by atoms with van der Waals surface area (Å²) in [5.41, 5.74) is 3.44. The van der Waals surface area contributed by atoms with E-state index in [4.69, 9.17) is 0 Å². The van der Waals surface area contributed by atoms with Crippen molar-refractivity contribution < 1.29 is 22.4 Å². The molecular formula is C22H20OPt. The number of hydrogen-bond acceptors (Lipinski definition) is 1. The number of ketones is 1. The van der Waals surface area contributed by atoms with E-state index in [0.29, 0.717) is 0 Å². The van der Waals surface area contributed by atoms with Crippen LogP contribution < -0.4 is 0 Å². The first-order chi connectivity index (χ1) is 11.8. The third kappa shape index (κ3) is 6.89. The molecule has 0 aromatic heterocycles. The van der Waals surface area contributed by atoms with Crippen molar-refractivity contribution in [2.45, 2.75) is 6.92 Å². The standard InChI is InChI=1S/C8H8O.2C7H6.Pt/c1-7(9)8-5-3-2-4-6-8;2*1-7-5-3-2-4-6-7;/h2-6H,1H3;2*1-6H;. The summed E-state index contributed by atoms with van der Waals surface area (Å²) in [6, 6.07) is 30.3. The predicted molar refractivity (Wildman–Crippen MR) is 99.7 cm³/mol. The number of benzene rings is 3. The molecule has 0 aliphatic rings. The van der Waals surface area contributed by atoms with Crippen LogP contribution in [0.25, 0.3) is 0 Å². The molecular weight excluding hydrogens is 475 g/mol. The molecule has 3 rings (SSSR count). The Labute approximate surface area is 151 Å². The molecule has 124 valence electrons. The van der Waals surface area contributed by atoms with Gasteiger partial charge in [-0.1, -0.05) is 30.3 Å². The van der Waals surface area contributed by atoms with E-state index in [1.54, 1.807) is 6.92 Å². The minimum atomic E-state index is 0.00784. The van der Waals surface area contributed by atoms with Crippen LogP contribution in [0.4, 0.5) is 0 Å². The van der Waals surface area contributed by atoms with Gasteiger partial charge in [0.15, 0.2) is 5.78 Å². The van der Waals surface area contributed by atoms with E-state index < -0.39 is 0 Å². The zero-order valence-corrected chi connectivity index (χ0v) is 15.8. The van der Waals surface area contributed by atoms with E-state index in [1.165, 1.54) is 11.1 Å². The van der Waals surface area contributed by atoms with E-state index in [1.807, 2.05) is 30.3 Å². The zero-order valence-electron chi connectivity index (χ0n) is 13.5. The molecule has 0 N–H and O–H groups in total. The van der Waals surface area contributed by atoms with Crippen molar-refractivity contribution in [2.24, 2.45) is 0 Å². The van der Waals surface area contributed by atoms with Gasteiger partial charge in [0.2, 0.25) is 0 Å². The fourth-order valence-corrected chi connectivity index (χ4v) is 3.79. The Morgan fingerprint density at radius 2 is 1.04 bits per heavy atom. The first kappa shape index (κ1) is 18.1. The molecule has 0 fully saturated rings. The van der Waals surface area contributed by atoms with Crippen LogP contribution in [0.1, 0.15) is 28.4 Å². The van der Waals surface area contributed by atoms with Gasteiger partial charge in [-0.3, -0.25) is 4.79 Å². The van der Waals surface area contributed by atoms with Crippen molar-refractivity contribution in [1.29, 1.82) is 0 Å². The van der Waals surface area contributed by atoms with Crippen molar-refractivity contribution >= 4 is 14.6 Å². The molecule has 24 heavy (non-hydrogen) atoms. The molecule has 0 saturated heterocycles. The van der Waals surface area contributed by atoms with E-state index in [2.05, 4.69) is 69.5 Å². The molecule has 1 nitrogen and oxygen atoms in total. The maximum atomic E-state index is 10.6. The molecule has 0 atom stereocenters. The average molecular weight is 495 g/mol. The van der Waals surface area contributed by atoms with Crippen LogP contribution in [0.5, 0.6) is 0 Å². The Morgan fingerprint density at radius 1 is 0.667 bits per heavy atom. The van der Waals surface area contributed by atoms with Gasteiger partial charge in [-0.05, 0) is 6.92 Å². The van der Waals surface area contributed by atoms with Gasteiger partial charge in [0.25, 0.3) is 0 Å². The van der Waals surface area contributed by atoms with Crippen molar-refractivity contribution in [3.05, 3.63) is 108 Å². The summed E-state index contributed by atoms with van der Waals surface area (Å²) >= 11 is 0.00784. The first-order valence-corrected chi connectivity index (χ1v) is 10.3. The van der Waals surface area contributed by atoms with Gasteiger partial charge < -0.3 is 0 Å². The maximum absolute atomic E-state index is 10.6. The summed E-state index contributed by atoms with van der Waals surface area (Å²) in [6.45, 7) is 1.56. The van der Waals surface area contributed by atoms with Crippen LogP contribution in [-0.2, 0) is 17.6 Å². The van der Waals surface area contributed by atoms with Gasteiger partial charge in [-0.15, -0.1) is 0 Å². The molecule has 0 unspecified atom stereocenters. The first-order valence-electron chi connectivity index (χ1n) is 7.63. The van der Waals surface area contributed by atoms with Crippen molar-refractivity contribution in [3.63, 3.8) is 0 Å². The zero-order chi connectivity index (χ0) is 17.0. The van der Waals surface area contributed by atoms with Crippen molar-refractivity contribution in [3.8, 4) is 0 Å². The number of hydrogen-bond donors (Lipinski definition) is 0. The second kappa shape index (κ2) is 10.5. The summed E-state index contributed by atoms with van der Waals surface area (Å²) in [4.78, 5) is 10.6. The Balaban J connectivity index is 0.000000198. The molecule has 0 bridgehead atoms. The molecule has 0 saturated carbocycles. The molecule has 0 aliphatic carbocycles. The van der Waals surface area contributed by atoms with Crippen molar-refractivity contribution in [1.82, 2.24) is 0 Å². The van der Waals surface area contributed by atoms with Gasteiger partial charge in [0.05, 0.1) is 0 Å². The molecule has 2 heteroatoms. The van der Waals surface area contributed by atoms with E-state index in [0.717, 1.165) is 5.56 Å². The molecule has 0 heterocycles. The number of carbonyl (C=O) groups is 1. The predicted octanol–water partition coefficient (Wildman–Crippen LogP) is 4.66. The number of rotatable bonds is 3. The van der Waals surface area contributed by atoms with Crippen LogP contribution >= 0.6 is 0 Å². The van der Waals surface area contributed by atoms with E-state index >= 15 is 0 Å². The van der Waals surface area contributed by atoms with Gasteiger partial charge >= 0.3 is 98.2 Å². The molecule has 0 radical (unpaired) electrons. The molecule has 0 spiro atoms. The van der Waals surface area contributed by atoms with Gasteiger partial charge in [-0.25, -0.2) is 0 Å². The second-order valence-corrected chi connectivity index (χ2v) is 7.10. The summed E-state index contributed by atoms with van der Waals surface area (Å²) < 4.78 is 4.68. The van der Waals surface area contributed by atoms with Gasteiger partial charge in [0, 0.05) is 5.56 Å². The quantitative estimate of drug-likeness (QED) is 0.484. The molecule has 0 aliphatic heterocycles. The SMILES string of the molecule is CC(=O)c1ccccc1.[CH](=[Pt]=[CH]c1ccccc1)c1ccccc1. The van der Waals surface area contributed by atoms with Crippen LogP contribution in [-0.4, -0.2) is 14.6 Å². The average Bonchev–Trinajstić information content (AvgIpc) is 2.65. The van der Waals surface area contributed by atoms with Crippen LogP contribution in [0, 0.1) is 0 Å². The molecule has 3 aromatic rings. The van der Waals surface area contributed by atoms with Crippen LogP contribution in [0.15, 0.2) is 91.0 Å². The minimum absolute atomic E-state index is 0.00784. The molecule has 0 amide bonds.